The molecule has 0 radical (unpaired) electrons. The number of para-hydroxylation sites is 1. The molecule has 1 aromatic heterocycles. The van der Waals surface area contributed by atoms with Gasteiger partial charge in [-0.05, 0) is 24.0 Å². The van der Waals surface area contributed by atoms with Crippen LogP contribution in [0.1, 0.15) is 27.2 Å². The molecule has 0 amide bonds. The molecule has 0 aliphatic rings. The van der Waals surface area contributed by atoms with E-state index in [4.69, 9.17) is 4.74 Å². The van der Waals surface area contributed by atoms with E-state index in [1.165, 1.54) is 0 Å². The van der Waals surface area contributed by atoms with Crippen molar-refractivity contribution in [3.8, 4) is 5.88 Å². The molecule has 0 unspecified atom stereocenters. The average Bonchev–Trinajstić information content (AvgIpc) is 2.36. The van der Waals surface area contributed by atoms with E-state index in [-0.39, 0.29) is 5.41 Å². The summed E-state index contributed by atoms with van der Waals surface area (Å²) in [6.45, 7) is 7.22. The van der Waals surface area contributed by atoms with Crippen LogP contribution >= 0.6 is 0 Å². The van der Waals surface area contributed by atoms with Crippen LogP contribution in [0.25, 0.3) is 10.9 Å². The maximum atomic E-state index is 5.82. The van der Waals surface area contributed by atoms with Gasteiger partial charge in [0.05, 0.1) is 17.5 Å². The summed E-state index contributed by atoms with van der Waals surface area (Å²) in [4.78, 5) is 8.43. The SMILES string of the molecule is CCC(C)(C)COc1ncnc2ccccc12. The normalized spacial score (nSPS) is 11.7. The second-order valence-corrected chi connectivity index (χ2v) is 5.00. The van der Waals surface area contributed by atoms with E-state index in [1.807, 2.05) is 24.3 Å². The lowest BCUT2D eigenvalue weighted by molar-refractivity contribution is 0.172. The van der Waals surface area contributed by atoms with Crippen molar-refractivity contribution in [2.75, 3.05) is 6.61 Å². The molecular weight excluding hydrogens is 212 g/mol. The molecule has 1 heterocycles. The fourth-order valence-electron chi connectivity index (χ4n) is 1.46. The molecule has 2 rings (SSSR count). The van der Waals surface area contributed by atoms with Crippen LogP contribution < -0.4 is 4.74 Å². The first-order valence-corrected chi connectivity index (χ1v) is 5.95. The van der Waals surface area contributed by atoms with E-state index in [2.05, 4.69) is 30.7 Å². The summed E-state index contributed by atoms with van der Waals surface area (Å²) in [6.07, 6.45) is 2.63. The molecule has 2 aromatic rings. The Balaban J connectivity index is 2.24. The van der Waals surface area contributed by atoms with Gasteiger partial charge >= 0.3 is 0 Å². The highest BCUT2D eigenvalue weighted by Gasteiger charge is 2.17. The molecule has 0 saturated carbocycles. The quantitative estimate of drug-likeness (QED) is 0.807. The van der Waals surface area contributed by atoms with E-state index in [0.29, 0.717) is 12.5 Å². The Hall–Kier alpha value is -1.64. The fourth-order valence-corrected chi connectivity index (χ4v) is 1.46. The molecule has 0 atom stereocenters. The largest absolute Gasteiger partial charge is 0.477 e. The molecular formula is C14H18N2O. The molecule has 0 spiro atoms. The first-order valence-electron chi connectivity index (χ1n) is 5.95. The molecule has 0 aliphatic carbocycles. The zero-order valence-corrected chi connectivity index (χ0v) is 10.6. The summed E-state index contributed by atoms with van der Waals surface area (Å²) in [5.41, 5.74) is 1.10. The lowest BCUT2D eigenvalue weighted by Crippen LogP contribution is -2.20. The zero-order valence-electron chi connectivity index (χ0n) is 10.6. The van der Waals surface area contributed by atoms with Gasteiger partial charge in [0.25, 0.3) is 0 Å². The standard InChI is InChI=1S/C14H18N2O/c1-4-14(2,3)9-17-13-11-7-5-6-8-12(11)15-10-16-13/h5-8,10H,4,9H2,1-3H3. The smallest absolute Gasteiger partial charge is 0.224 e. The summed E-state index contributed by atoms with van der Waals surface area (Å²) in [5, 5.41) is 0.974. The van der Waals surface area contributed by atoms with Gasteiger partial charge in [0, 0.05) is 0 Å². The Morgan fingerprint density at radius 1 is 1.18 bits per heavy atom. The minimum atomic E-state index is 0.173. The molecule has 0 N–H and O–H groups in total. The summed E-state index contributed by atoms with van der Waals surface area (Å²) in [6, 6.07) is 7.90. The number of fused-ring (bicyclic) bond motifs is 1. The maximum absolute atomic E-state index is 5.82. The van der Waals surface area contributed by atoms with Gasteiger partial charge in [0.2, 0.25) is 5.88 Å². The van der Waals surface area contributed by atoms with Crippen molar-refractivity contribution in [1.29, 1.82) is 0 Å². The number of rotatable bonds is 4. The van der Waals surface area contributed by atoms with Gasteiger partial charge in [-0.3, -0.25) is 0 Å². The molecule has 1 aromatic carbocycles. The number of hydrogen-bond acceptors (Lipinski definition) is 3. The molecule has 3 heteroatoms. The fraction of sp³-hybridized carbons (Fsp3) is 0.429. The Kier molecular flexibility index (Phi) is 3.27. The van der Waals surface area contributed by atoms with Crippen molar-refractivity contribution in [3.05, 3.63) is 30.6 Å². The highest BCUT2D eigenvalue weighted by atomic mass is 16.5. The van der Waals surface area contributed by atoms with Crippen LogP contribution in [0.4, 0.5) is 0 Å². The van der Waals surface area contributed by atoms with Crippen LogP contribution in [-0.4, -0.2) is 16.6 Å². The third kappa shape index (κ3) is 2.73. The maximum Gasteiger partial charge on any atom is 0.224 e. The van der Waals surface area contributed by atoms with Gasteiger partial charge in [0.15, 0.2) is 0 Å². The number of hydrogen-bond donors (Lipinski definition) is 0. The molecule has 3 nitrogen and oxygen atoms in total. The van der Waals surface area contributed by atoms with E-state index < -0.39 is 0 Å². The van der Waals surface area contributed by atoms with Crippen molar-refractivity contribution in [2.45, 2.75) is 27.2 Å². The zero-order chi connectivity index (χ0) is 12.3. The van der Waals surface area contributed by atoms with Crippen molar-refractivity contribution in [1.82, 2.24) is 9.97 Å². The topological polar surface area (TPSA) is 35.0 Å². The Labute approximate surface area is 102 Å². The molecule has 90 valence electrons. The molecule has 0 saturated heterocycles. The number of benzene rings is 1. The average molecular weight is 230 g/mol. The Morgan fingerprint density at radius 2 is 1.94 bits per heavy atom. The highest BCUT2D eigenvalue weighted by Crippen LogP contribution is 2.25. The number of nitrogens with zero attached hydrogens (tertiary/aromatic N) is 2. The second-order valence-electron chi connectivity index (χ2n) is 5.00. The third-order valence-electron chi connectivity index (χ3n) is 3.06. The lowest BCUT2D eigenvalue weighted by atomic mass is 9.92. The summed E-state index contributed by atoms with van der Waals surface area (Å²) >= 11 is 0. The number of ether oxygens (including phenoxy) is 1. The molecule has 0 fully saturated rings. The van der Waals surface area contributed by atoms with Crippen molar-refractivity contribution in [3.63, 3.8) is 0 Å². The van der Waals surface area contributed by atoms with Gasteiger partial charge in [-0.2, -0.15) is 0 Å². The van der Waals surface area contributed by atoms with Crippen molar-refractivity contribution >= 4 is 10.9 Å². The van der Waals surface area contributed by atoms with Crippen LogP contribution in [0, 0.1) is 5.41 Å². The van der Waals surface area contributed by atoms with Crippen LogP contribution in [0.5, 0.6) is 5.88 Å². The van der Waals surface area contributed by atoms with E-state index >= 15 is 0 Å². The third-order valence-corrected chi connectivity index (χ3v) is 3.06. The summed E-state index contributed by atoms with van der Waals surface area (Å²) in [5.74, 6) is 0.678. The predicted molar refractivity (Wildman–Crippen MR) is 69.1 cm³/mol. The van der Waals surface area contributed by atoms with Crippen LogP contribution in [0.2, 0.25) is 0 Å². The molecule has 0 aliphatic heterocycles. The van der Waals surface area contributed by atoms with Crippen LogP contribution in [0.15, 0.2) is 30.6 Å². The van der Waals surface area contributed by atoms with Gasteiger partial charge in [-0.1, -0.05) is 32.9 Å². The molecule has 17 heavy (non-hydrogen) atoms. The van der Waals surface area contributed by atoms with Gasteiger partial charge in [0.1, 0.15) is 6.33 Å². The lowest BCUT2D eigenvalue weighted by Gasteiger charge is -2.22. The summed E-state index contributed by atoms with van der Waals surface area (Å²) < 4.78 is 5.82. The highest BCUT2D eigenvalue weighted by molar-refractivity contribution is 5.82. The Bertz CT molecular complexity index is 503. The molecule has 0 bridgehead atoms. The van der Waals surface area contributed by atoms with Crippen LogP contribution in [-0.2, 0) is 0 Å². The summed E-state index contributed by atoms with van der Waals surface area (Å²) in [7, 11) is 0. The first kappa shape index (κ1) is 11.8. The van der Waals surface area contributed by atoms with E-state index in [1.54, 1.807) is 6.33 Å². The van der Waals surface area contributed by atoms with Gasteiger partial charge < -0.3 is 4.74 Å². The monoisotopic (exact) mass is 230 g/mol. The second kappa shape index (κ2) is 4.70. The van der Waals surface area contributed by atoms with Gasteiger partial charge in [-0.15, -0.1) is 0 Å². The van der Waals surface area contributed by atoms with E-state index in [0.717, 1.165) is 17.3 Å². The van der Waals surface area contributed by atoms with E-state index in [9.17, 15) is 0 Å². The predicted octanol–water partition coefficient (Wildman–Crippen LogP) is 3.44. The minimum Gasteiger partial charge on any atom is -0.477 e. The minimum absolute atomic E-state index is 0.173. The van der Waals surface area contributed by atoms with Gasteiger partial charge in [-0.25, -0.2) is 9.97 Å². The first-order chi connectivity index (χ1) is 8.12. The van der Waals surface area contributed by atoms with Crippen molar-refractivity contribution in [2.24, 2.45) is 5.41 Å². The number of aromatic nitrogens is 2. The van der Waals surface area contributed by atoms with Crippen molar-refractivity contribution < 1.29 is 4.74 Å². The Morgan fingerprint density at radius 3 is 2.71 bits per heavy atom. The van der Waals surface area contributed by atoms with Crippen LogP contribution in [0.3, 0.4) is 0 Å².